The fraction of sp³-hybridized carbons (Fsp3) is 0.737. The maximum absolute atomic E-state index is 13.3. The van der Waals surface area contributed by atoms with Crippen LogP contribution in [-0.2, 0) is 20.9 Å². The Morgan fingerprint density at radius 1 is 1.10 bits per heavy atom. The number of sulfonamides is 1. The van der Waals surface area contributed by atoms with Gasteiger partial charge in [-0.15, -0.1) is 0 Å². The zero-order valence-electron chi connectivity index (χ0n) is 16.2. The number of halogens is 3. The van der Waals surface area contributed by atoms with Gasteiger partial charge in [-0.3, -0.25) is 4.90 Å². The average molecular weight is 431 g/mol. The van der Waals surface area contributed by atoms with E-state index in [-0.39, 0.29) is 22.7 Å². The van der Waals surface area contributed by atoms with Crippen molar-refractivity contribution in [1.82, 2.24) is 14.2 Å². The minimum absolute atomic E-state index is 0.0976. The number of pyridine rings is 1. The van der Waals surface area contributed by atoms with Crippen molar-refractivity contribution < 1.29 is 26.3 Å². The number of aryl methyl sites for hydroxylation is 1. The zero-order valence-corrected chi connectivity index (χ0v) is 17.0. The molecule has 4 fully saturated rings. The lowest BCUT2D eigenvalue weighted by Gasteiger charge is -2.59. The molecule has 1 aromatic heterocycles. The molecule has 2 bridgehead atoms. The zero-order chi connectivity index (χ0) is 20.6. The molecule has 4 aliphatic heterocycles. The highest BCUT2D eigenvalue weighted by Crippen LogP contribution is 2.46. The molecule has 0 radical (unpaired) electrons. The summed E-state index contributed by atoms with van der Waals surface area (Å²) in [4.78, 5) is 5.85. The van der Waals surface area contributed by atoms with E-state index < -0.39 is 21.9 Å². The predicted molar refractivity (Wildman–Crippen MR) is 97.7 cm³/mol. The van der Waals surface area contributed by atoms with Crippen LogP contribution in [0.1, 0.15) is 37.1 Å². The number of alkyl halides is 3. The standard InChI is InChI=1S/C19H24F3N3O3S/c1-12-16(4-5-17(23-12)19(20,21)22)29(26,27)25-13-2-3-14(25)7-15(6-13)24-8-18(9-24)10-28-11-18/h4-5,13-15H,2-3,6-11H2,1H3/t13-,14+,15?. The van der Waals surface area contributed by atoms with Gasteiger partial charge in [0, 0.05) is 36.6 Å². The Hall–Kier alpha value is -1.23. The molecule has 29 heavy (non-hydrogen) atoms. The maximum atomic E-state index is 13.3. The second-order valence-corrected chi connectivity index (χ2v) is 10.8. The molecular formula is C19H24F3N3O3S. The van der Waals surface area contributed by atoms with Crippen molar-refractivity contribution >= 4 is 10.0 Å². The van der Waals surface area contributed by atoms with Gasteiger partial charge in [0.2, 0.25) is 10.0 Å². The Bertz CT molecular complexity index is 910. The van der Waals surface area contributed by atoms with Gasteiger partial charge in [0.25, 0.3) is 0 Å². The molecule has 4 saturated heterocycles. The predicted octanol–water partition coefficient (Wildman–Crippen LogP) is 2.43. The first-order valence-corrected chi connectivity index (χ1v) is 11.4. The molecular weight excluding hydrogens is 407 g/mol. The first-order valence-electron chi connectivity index (χ1n) is 9.99. The third kappa shape index (κ3) is 3.10. The molecule has 160 valence electrons. The summed E-state index contributed by atoms with van der Waals surface area (Å²) in [7, 11) is -3.88. The van der Waals surface area contributed by atoms with E-state index in [4.69, 9.17) is 4.74 Å². The monoisotopic (exact) mass is 431 g/mol. The fourth-order valence-corrected chi connectivity index (χ4v) is 7.59. The summed E-state index contributed by atoms with van der Waals surface area (Å²) in [6, 6.07) is 1.99. The summed E-state index contributed by atoms with van der Waals surface area (Å²) < 4.78 is 72.2. The van der Waals surface area contributed by atoms with Crippen molar-refractivity contribution in [3.8, 4) is 0 Å². The summed E-state index contributed by atoms with van der Waals surface area (Å²) in [6.45, 7) is 5.02. The molecule has 3 atom stereocenters. The minimum Gasteiger partial charge on any atom is -0.380 e. The number of hydrogen-bond donors (Lipinski definition) is 0. The van der Waals surface area contributed by atoms with Gasteiger partial charge in [0.1, 0.15) is 10.6 Å². The summed E-state index contributed by atoms with van der Waals surface area (Å²) in [5.74, 6) is 0. The van der Waals surface area contributed by atoms with Crippen LogP contribution < -0.4 is 0 Å². The highest BCUT2D eigenvalue weighted by atomic mass is 32.2. The van der Waals surface area contributed by atoms with E-state index in [1.807, 2.05) is 0 Å². The topological polar surface area (TPSA) is 62.7 Å². The van der Waals surface area contributed by atoms with Crippen molar-refractivity contribution in [2.45, 2.75) is 61.8 Å². The average Bonchev–Trinajstić information content (AvgIpc) is 2.83. The SMILES string of the molecule is Cc1nc(C(F)(F)F)ccc1S(=O)(=O)N1[C@@H]2CC[C@H]1CC(N1CC3(COC3)C1)C2. The van der Waals surface area contributed by atoms with Gasteiger partial charge in [0.05, 0.1) is 18.9 Å². The largest absolute Gasteiger partial charge is 0.433 e. The van der Waals surface area contributed by atoms with E-state index in [2.05, 4.69) is 9.88 Å². The van der Waals surface area contributed by atoms with Gasteiger partial charge < -0.3 is 4.74 Å². The normalized spacial score (nSPS) is 32.2. The summed E-state index contributed by atoms with van der Waals surface area (Å²) in [5.41, 5.74) is -0.844. The Kier molecular flexibility index (Phi) is 4.34. The van der Waals surface area contributed by atoms with E-state index in [0.29, 0.717) is 11.5 Å². The third-order valence-electron chi connectivity index (χ3n) is 6.93. The van der Waals surface area contributed by atoms with Crippen LogP contribution >= 0.6 is 0 Å². The minimum atomic E-state index is -4.59. The van der Waals surface area contributed by atoms with E-state index in [1.54, 1.807) is 4.31 Å². The fourth-order valence-electron chi connectivity index (χ4n) is 5.54. The summed E-state index contributed by atoms with van der Waals surface area (Å²) >= 11 is 0. The van der Waals surface area contributed by atoms with Gasteiger partial charge >= 0.3 is 6.18 Å². The molecule has 0 aromatic carbocycles. The molecule has 6 nitrogen and oxygen atoms in total. The summed E-state index contributed by atoms with van der Waals surface area (Å²) in [6.07, 6.45) is -1.44. The second-order valence-electron chi connectivity index (χ2n) is 9.02. The number of rotatable bonds is 3. The van der Waals surface area contributed by atoms with E-state index >= 15 is 0 Å². The van der Waals surface area contributed by atoms with E-state index in [9.17, 15) is 21.6 Å². The molecule has 0 aliphatic carbocycles. The highest BCUT2D eigenvalue weighted by molar-refractivity contribution is 7.89. The van der Waals surface area contributed by atoms with Gasteiger partial charge in [-0.2, -0.15) is 17.5 Å². The van der Waals surface area contributed by atoms with Crippen LogP contribution in [0.3, 0.4) is 0 Å². The van der Waals surface area contributed by atoms with E-state index in [1.165, 1.54) is 6.92 Å². The van der Waals surface area contributed by atoms with Crippen LogP contribution in [0.4, 0.5) is 13.2 Å². The van der Waals surface area contributed by atoms with Gasteiger partial charge in [-0.25, -0.2) is 13.4 Å². The van der Waals surface area contributed by atoms with Gasteiger partial charge in [0.15, 0.2) is 0 Å². The van der Waals surface area contributed by atoms with Crippen molar-refractivity contribution in [3.63, 3.8) is 0 Å². The quantitative estimate of drug-likeness (QED) is 0.736. The van der Waals surface area contributed by atoms with Crippen molar-refractivity contribution in [2.75, 3.05) is 26.3 Å². The third-order valence-corrected chi connectivity index (χ3v) is 9.07. The molecule has 5 rings (SSSR count). The number of nitrogens with zero attached hydrogens (tertiary/aromatic N) is 3. The van der Waals surface area contributed by atoms with Crippen LogP contribution in [0.15, 0.2) is 17.0 Å². The Morgan fingerprint density at radius 3 is 2.21 bits per heavy atom. The van der Waals surface area contributed by atoms with Gasteiger partial charge in [-0.05, 0) is 44.7 Å². The van der Waals surface area contributed by atoms with Crippen LogP contribution in [0, 0.1) is 12.3 Å². The number of piperidine rings is 1. The first kappa shape index (κ1) is 19.7. The maximum Gasteiger partial charge on any atom is 0.433 e. The molecule has 1 aromatic rings. The van der Waals surface area contributed by atoms with Gasteiger partial charge in [-0.1, -0.05) is 0 Å². The lowest BCUT2D eigenvalue weighted by molar-refractivity contribution is -0.201. The molecule has 4 aliphatic rings. The number of hydrogen-bond acceptors (Lipinski definition) is 5. The van der Waals surface area contributed by atoms with Crippen LogP contribution in [0.5, 0.6) is 0 Å². The number of fused-ring (bicyclic) bond motifs is 2. The Labute approximate surface area is 168 Å². The second kappa shape index (κ2) is 6.38. The molecule has 1 spiro atoms. The molecule has 10 heteroatoms. The number of likely N-dealkylation sites (tertiary alicyclic amines) is 1. The summed E-state index contributed by atoms with van der Waals surface area (Å²) in [5, 5.41) is 0. The number of ether oxygens (including phenoxy) is 1. The Morgan fingerprint density at radius 2 is 1.72 bits per heavy atom. The van der Waals surface area contributed by atoms with Crippen molar-refractivity contribution in [1.29, 1.82) is 0 Å². The molecule has 0 saturated carbocycles. The van der Waals surface area contributed by atoms with Crippen LogP contribution in [0.2, 0.25) is 0 Å². The molecule has 5 heterocycles. The molecule has 0 N–H and O–H groups in total. The lowest BCUT2D eigenvalue weighted by atomic mass is 9.76. The molecule has 1 unspecified atom stereocenters. The lowest BCUT2D eigenvalue weighted by Crippen LogP contribution is -2.69. The smallest absolute Gasteiger partial charge is 0.380 e. The highest BCUT2D eigenvalue weighted by Gasteiger charge is 2.55. The molecule has 0 amide bonds. The van der Waals surface area contributed by atoms with Crippen molar-refractivity contribution in [3.05, 3.63) is 23.5 Å². The number of aromatic nitrogens is 1. The first-order chi connectivity index (χ1) is 13.6. The van der Waals surface area contributed by atoms with Crippen molar-refractivity contribution in [2.24, 2.45) is 5.41 Å². The van der Waals surface area contributed by atoms with Crippen LogP contribution in [-0.4, -0.2) is 67.0 Å². The van der Waals surface area contributed by atoms with Crippen LogP contribution in [0.25, 0.3) is 0 Å². The van der Waals surface area contributed by atoms with E-state index in [0.717, 1.165) is 64.1 Å². The Balaban J connectivity index is 1.35.